The van der Waals surface area contributed by atoms with Crippen LogP contribution in [0.15, 0.2) is 0 Å². The van der Waals surface area contributed by atoms with Gasteiger partial charge < -0.3 is 10.5 Å². The van der Waals surface area contributed by atoms with Crippen molar-refractivity contribution in [3.05, 3.63) is 0 Å². The molecule has 0 spiro atoms. The van der Waals surface area contributed by atoms with E-state index in [1.54, 1.807) is 7.11 Å². The monoisotopic (exact) mass is 200 g/mol. The van der Waals surface area contributed by atoms with E-state index in [0.29, 0.717) is 12.6 Å². The largest absolute Gasteiger partial charge is 0.379 e. The standard InChI is InChI=1S/C11H24N2O/c1-9-4-5-10(2)13(7-9)8-11(6-12)14-3/h9-11H,4-8,12H2,1-3H3. The summed E-state index contributed by atoms with van der Waals surface area (Å²) in [6, 6.07) is 0.690. The van der Waals surface area contributed by atoms with E-state index in [9.17, 15) is 0 Å². The zero-order valence-corrected chi connectivity index (χ0v) is 9.70. The maximum Gasteiger partial charge on any atom is 0.0820 e. The Labute approximate surface area is 87.6 Å². The number of likely N-dealkylation sites (tertiary alicyclic amines) is 1. The van der Waals surface area contributed by atoms with E-state index in [0.717, 1.165) is 12.5 Å². The number of hydrogen-bond acceptors (Lipinski definition) is 3. The fourth-order valence-corrected chi connectivity index (χ4v) is 2.14. The van der Waals surface area contributed by atoms with Gasteiger partial charge in [-0.3, -0.25) is 4.90 Å². The Balaban J connectivity index is 2.40. The van der Waals surface area contributed by atoms with E-state index in [-0.39, 0.29) is 6.10 Å². The molecule has 3 unspecified atom stereocenters. The molecule has 0 aliphatic carbocycles. The second-order valence-electron chi connectivity index (χ2n) is 4.58. The first-order chi connectivity index (χ1) is 6.67. The van der Waals surface area contributed by atoms with Crippen LogP contribution in [0.5, 0.6) is 0 Å². The zero-order chi connectivity index (χ0) is 10.6. The summed E-state index contributed by atoms with van der Waals surface area (Å²) in [5.74, 6) is 0.821. The maximum atomic E-state index is 5.63. The van der Waals surface area contributed by atoms with E-state index in [4.69, 9.17) is 10.5 Å². The molecule has 84 valence electrons. The van der Waals surface area contributed by atoms with Gasteiger partial charge in [-0.15, -0.1) is 0 Å². The van der Waals surface area contributed by atoms with Crippen molar-refractivity contribution in [1.82, 2.24) is 4.90 Å². The lowest BCUT2D eigenvalue weighted by Crippen LogP contribution is -2.46. The van der Waals surface area contributed by atoms with Crippen molar-refractivity contribution in [3.8, 4) is 0 Å². The van der Waals surface area contributed by atoms with E-state index < -0.39 is 0 Å². The average Bonchev–Trinajstić information content (AvgIpc) is 2.19. The minimum absolute atomic E-state index is 0.197. The molecule has 0 aromatic carbocycles. The number of rotatable bonds is 4. The fraction of sp³-hybridized carbons (Fsp3) is 1.00. The van der Waals surface area contributed by atoms with Crippen LogP contribution in [0.3, 0.4) is 0 Å². The summed E-state index contributed by atoms with van der Waals surface area (Å²) in [5, 5.41) is 0. The molecule has 3 atom stereocenters. The number of ether oxygens (including phenoxy) is 1. The van der Waals surface area contributed by atoms with Gasteiger partial charge in [0.05, 0.1) is 6.10 Å². The second-order valence-corrected chi connectivity index (χ2v) is 4.58. The molecule has 0 radical (unpaired) electrons. The van der Waals surface area contributed by atoms with Crippen molar-refractivity contribution < 1.29 is 4.74 Å². The molecule has 0 amide bonds. The summed E-state index contributed by atoms with van der Waals surface area (Å²) in [4.78, 5) is 2.51. The van der Waals surface area contributed by atoms with Gasteiger partial charge in [-0.1, -0.05) is 6.92 Å². The summed E-state index contributed by atoms with van der Waals surface area (Å²) in [6.45, 7) is 7.42. The van der Waals surface area contributed by atoms with Gasteiger partial charge in [0, 0.05) is 32.8 Å². The van der Waals surface area contributed by atoms with Crippen molar-refractivity contribution in [2.75, 3.05) is 26.7 Å². The highest BCUT2D eigenvalue weighted by Crippen LogP contribution is 2.21. The van der Waals surface area contributed by atoms with Crippen LogP contribution in [0.1, 0.15) is 26.7 Å². The van der Waals surface area contributed by atoms with E-state index in [1.807, 2.05) is 0 Å². The fourth-order valence-electron chi connectivity index (χ4n) is 2.14. The first-order valence-corrected chi connectivity index (χ1v) is 5.64. The van der Waals surface area contributed by atoms with Crippen LogP contribution in [0.25, 0.3) is 0 Å². The zero-order valence-electron chi connectivity index (χ0n) is 9.70. The molecule has 3 heteroatoms. The summed E-state index contributed by atoms with van der Waals surface area (Å²) in [7, 11) is 1.75. The lowest BCUT2D eigenvalue weighted by Gasteiger charge is -2.38. The summed E-state index contributed by atoms with van der Waals surface area (Å²) in [5.41, 5.74) is 5.63. The Morgan fingerprint density at radius 3 is 2.71 bits per heavy atom. The topological polar surface area (TPSA) is 38.5 Å². The summed E-state index contributed by atoms with van der Waals surface area (Å²) in [6.07, 6.45) is 2.86. The smallest absolute Gasteiger partial charge is 0.0820 e. The van der Waals surface area contributed by atoms with Gasteiger partial charge in [0.2, 0.25) is 0 Å². The van der Waals surface area contributed by atoms with Crippen LogP contribution in [-0.4, -0.2) is 43.8 Å². The maximum absolute atomic E-state index is 5.63. The number of nitrogens with zero attached hydrogens (tertiary/aromatic N) is 1. The highest BCUT2D eigenvalue weighted by Gasteiger charge is 2.24. The van der Waals surface area contributed by atoms with Crippen molar-refractivity contribution in [2.45, 2.75) is 38.8 Å². The van der Waals surface area contributed by atoms with Crippen molar-refractivity contribution in [1.29, 1.82) is 0 Å². The van der Waals surface area contributed by atoms with Crippen LogP contribution in [-0.2, 0) is 4.74 Å². The third-order valence-electron chi connectivity index (χ3n) is 3.28. The molecule has 3 nitrogen and oxygen atoms in total. The van der Waals surface area contributed by atoms with Crippen LogP contribution >= 0.6 is 0 Å². The Morgan fingerprint density at radius 1 is 1.43 bits per heavy atom. The van der Waals surface area contributed by atoms with Gasteiger partial charge >= 0.3 is 0 Å². The average molecular weight is 200 g/mol. The molecule has 0 saturated carbocycles. The third kappa shape index (κ3) is 3.23. The van der Waals surface area contributed by atoms with Crippen LogP contribution in [0, 0.1) is 5.92 Å². The Kier molecular flexibility index (Phi) is 4.85. The van der Waals surface area contributed by atoms with Crippen LogP contribution in [0.2, 0.25) is 0 Å². The molecule has 0 aromatic rings. The molecule has 1 saturated heterocycles. The van der Waals surface area contributed by atoms with E-state index in [1.165, 1.54) is 19.4 Å². The highest BCUT2D eigenvalue weighted by molar-refractivity contribution is 4.79. The molecular formula is C11H24N2O. The number of piperidine rings is 1. The molecule has 1 rings (SSSR count). The van der Waals surface area contributed by atoms with E-state index >= 15 is 0 Å². The quantitative estimate of drug-likeness (QED) is 0.738. The third-order valence-corrected chi connectivity index (χ3v) is 3.28. The van der Waals surface area contributed by atoms with Crippen molar-refractivity contribution >= 4 is 0 Å². The van der Waals surface area contributed by atoms with Crippen LogP contribution in [0.4, 0.5) is 0 Å². The molecule has 1 aliphatic heterocycles. The lowest BCUT2D eigenvalue weighted by atomic mass is 9.95. The first kappa shape index (κ1) is 12.0. The molecule has 0 aromatic heterocycles. The number of methoxy groups -OCH3 is 1. The van der Waals surface area contributed by atoms with Crippen molar-refractivity contribution in [2.24, 2.45) is 11.7 Å². The van der Waals surface area contributed by atoms with Crippen LogP contribution < -0.4 is 5.73 Å². The highest BCUT2D eigenvalue weighted by atomic mass is 16.5. The molecular weight excluding hydrogens is 176 g/mol. The Morgan fingerprint density at radius 2 is 2.14 bits per heavy atom. The van der Waals surface area contributed by atoms with Gasteiger partial charge in [-0.2, -0.15) is 0 Å². The van der Waals surface area contributed by atoms with Gasteiger partial charge in [0.15, 0.2) is 0 Å². The summed E-state index contributed by atoms with van der Waals surface area (Å²) < 4.78 is 5.32. The van der Waals surface area contributed by atoms with Gasteiger partial charge in [0.25, 0.3) is 0 Å². The molecule has 2 N–H and O–H groups in total. The van der Waals surface area contributed by atoms with Gasteiger partial charge in [-0.25, -0.2) is 0 Å². The predicted molar refractivity (Wildman–Crippen MR) is 59.3 cm³/mol. The van der Waals surface area contributed by atoms with Crippen molar-refractivity contribution in [3.63, 3.8) is 0 Å². The SMILES string of the molecule is COC(CN)CN1CC(C)CCC1C. The normalized spacial score (nSPS) is 31.7. The minimum Gasteiger partial charge on any atom is -0.379 e. The molecule has 14 heavy (non-hydrogen) atoms. The number of nitrogens with two attached hydrogens (primary N) is 1. The van der Waals surface area contributed by atoms with E-state index in [2.05, 4.69) is 18.7 Å². The Bertz CT molecular complexity index is 159. The molecule has 0 bridgehead atoms. The van der Waals surface area contributed by atoms with Gasteiger partial charge in [-0.05, 0) is 25.7 Å². The Hall–Kier alpha value is -0.120. The first-order valence-electron chi connectivity index (χ1n) is 5.64. The molecule has 1 aliphatic rings. The number of hydrogen-bond donors (Lipinski definition) is 1. The minimum atomic E-state index is 0.197. The lowest BCUT2D eigenvalue weighted by molar-refractivity contribution is 0.0342. The predicted octanol–water partition coefficient (Wildman–Crippen LogP) is 1.08. The van der Waals surface area contributed by atoms with Gasteiger partial charge in [0.1, 0.15) is 0 Å². The second kappa shape index (κ2) is 5.69. The summed E-state index contributed by atoms with van der Waals surface area (Å²) >= 11 is 0. The molecule has 1 fully saturated rings. The molecule has 1 heterocycles.